The molecule has 0 aliphatic carbocycles. The molecule has 1 atom stereocenters. The Hall–Kier alpha value is -0.440. The molecule has 1 heterocycles. The second-order valence-electron chi connectivity index (χ2n) is 1.76. The summed E-state index contributed by atoms with van der Waals surface area (Å²) < 4.78 is 16.4. The fourth-order valence-electron chi connectivity index (χ4n) is 0.640. The Balaban J connectivity index is 2.39. The fourth-order valence-corrected chi connectivity index (χ4v) is 0.640. The third-order valence-corrected chi connectivity index (χ3v) is 1.08. The predicted molar refractivity (Wildman–Crippen MR) is 25.1 cm³/mol. The SMILES string of the molecule is O=C1CCCO[C@H]1F. The molecule has 8 heavy (non-hydrogen) atoms. The van der Waals surface area contributed by atoms with E-state index in [1.807, 2.05) is 0 Å². The lowest BCUT2D eigenvalue weighted by molar-refractivity contribution is -0.149. The first-order valence-electron chi connectivity index (χ1n) is 2.59. The molecular weight excluding hydrogens is 111 g/mol. The Morgan fingerprint density at radius 3 is 2.88 bits per heavy atom. The predicted octanol–water partition coefficient (Wildman–Crippen LogP) is 0.662. The lowest BCUT2D eigenvalue weighted by Gasteiger charge is -2.12. The summed E-state index contributed by atoms with van der Waals surface area (Å²) in [5.41, 5.74) is 0. The van der Waals surface area contributed by atoms with E-state index in [4.69, 9.17) is 0 Å². The van der Waals surface area contributed by atoms with Crippen LogP contribution in [0.5, 0.6) is 0 Å². The summed E-state index contributed by atoms with van der Waals surface area (Å²) >= 11 is 0. The van der Waals surface area contributed by atoms with E-state index in [-0.39, 0.29) is 0 Å². The molecule has 0 N–H and O–H groups in total. The molecule has 0 saturated carbocycles. The molecule has 2 nitrogen and oxygen atoms in total. The van der Waals surface area contributed by atoms with Crippen molar-refractivity contribution in [3.63, 3.8) is 0 Å². The number of hydrogen-bond acceptors (Lipinski definition) is 2. The van der Waals surface area contributed by atoms with Crippen LogP contribution in [-0.4, -0.2) is 18.7 Å². The lowest BCUT2D eigenvalue weighted by atomic mass is 10.2. The zero-order valence-electron chi connectivity index (χ0n) is 4.39. The molecule has 0 amide bonds. The van der Waals surface area contributed by atoms with Gasteiger partial charge in [-0.1, -0.05) is 0 Å². The maximum atomic E-state index is 12.0. The third kappa shape index (κ3) is 1.04. The van der Waals surface area contributed by atoms with E-state index >= 15 is 0 Å². The largest absolute Gasteiger partial charge is 0.342 e. The minimum absolute atomic E-state index is 0.334. The summed E-state index contributed by atoms with van der Waals surface area (Å²) in [6, 6.07) is 0. The highest BCUT2D eigenvalue weighted by molar-refractivity contribution is 5.82. The molecule has 0 bridgehead atoms. The van der Waals surface area contributed by atoms with Crippen LogP contribution in [0.3, 0.4) is 0 Å². The first-order valence-corrected chi connectivity index (χ1v) is 2.59. The molecule has 0 aromatic carbocycles. The molecule has 0 radical (unpaired) electrons. The molecule has 1 fully saturated rings. The Kier molecular flexibility index (Phi) is 1.58. The van der Waals surface area contributed by atoms with E-state index in [1.54, 1.807) is 0 Å². The Labute approximate surface area is 46.6 Å². The van der Waals surface area contributed by atoms with Gasteiger partial charge >= 0.3 is 0 Å². The van der Waals surface area contributed by atoms with E-state index in [0.29, 0.717) is 19.4 Å². The van der Waals surface area contributed by atoms with Crippen LogP contribution < -0.4 is 0 Å². The molecule has 0 aromatic heterocycles. The Morgan fingerprint density at radius 1 is 1.75 bits per heavy atom. The quantitative estimate of drug-likeness (QED) is 0.467. The number of ether oxygens (including phenoxy) is 1. The van der Waals surface area contributed by atoms with Crippen LogP contribution in [0.2, 0.25) is 0 Å². The molecule has 46 valence electrons. The first-order chi connectivity index (χ1) is 3.80. The van der Waals surface area contributed by atoms with Gasteiger partial charge < -0.3 is 4.74 Å². The van der Waals surface area contributed by atoms with Gasteiger partial charge in [-0.3, -0.25) is 4.79 Å². The van der Waals surface area contributed by atoms with Gasteiger partial charge in [-0.15, -0.1) is 0 Å². The highest BCUT2D eigenvalue weighted by Gasteiger charge is 2.20. The topological polar surface area (TPSA) is 26.3 Å². The van der Waals surface area contributed by atoms with Crippen LogP contribution in [0.15, 0.2) is 0 Å². The number of Topliss-reactive ketones (excluding diaryl/α,β-unsaturated/α-hetero) is 1. The van der Waals surface area contributed by atoms with E-state index in [2.05, 4.69) is 4.74 Å². The number of rotatable bonds is 0. The van der Waals surface area contributed by atoms with Gasteiger partial charge in [-0.25, -0.2) is 4.39 Å². The summed E-state index contributed by atoms with van der Waals surface area (Å²) in [5.74, 6) is -0.420. The molecule has 3 heteroatoms. The van der Waals surface area contributed by atoms with Crippen LogP contribution in [-0.2, 0) is 9.53 Å². The summed E-state index contributed by atoms with van der Waals surface area (Å²) in [5, 5.41) is 0. The lowest BCUT2D eigenvalue weighted by Crippen LogP contribution is -2.24. The summed E-state index contributed by atoms with van der Waals surface area (Å²) in [4.78, 5) is 10.3. The second kappa shape index (κ2) is 2.22. The van der Waals surface area contributed by atoms with Gasteiger partial charge in [0.2, 0.25) is 0 Å². The van der Waals surface area contributed by atoms with Crippen molar-refractivity contribution in [2.45, 2.75) is 19.2 Å². The maximum absolute atomic E-state index is 12.0. The minimum Gasteiger partial charge on any atom is -0.342 e. The molecule has 0 aromatic rings. The van der Waals surface area contributed by atoms with Crippen molar-refractivity contribution < 1.29 is 13.9 Å². The zero-order chi connectivity index (χ0) is 5.98. The molecule has 0 spiro atoms. The van der Waals surface area contributed by atoms with Crippen LogP contribution in [0, 0.1) is 0 Å². The van der Waals surface area contributed by atoms with Crippen LogP contribution >= 0.6 is 0 Å². The number of carbonyl (C=O) groups is 1. The van der Waals surface area contributed by atoms with Crippen LogP contribution in [0.25, 0.3) is 0 Å². The summed E-state index contributed by atoms with van der Waals surface area (Å²) in [7, 11) is 0. The van der Waals surface area contributed by atoms with Crippen molar-refractivity contribution in [3.05, 3.63) is 0 Å². The second-order valence-corrected chi connectivity index (χ2v) is 1.76. The molecule has 1 aliphatic heterocycles. The van der Waals surface area contributed by atoms with Gasteiger partial charge in [0.05, 0.1) is 6.61 Å². The van der Waals surface area contributed by atoms with E-state index in [9.17, 15) is 9.18 Å². The molecule has 1 saturated heterocycles. The van der Waals surface area contributed by atoms with E-state index < -0.39 is 12.1 Å². The Bertz CT molecular complexity index is 103. The molecule has 0 unspecified atom stereocenters. The molecule has 1 rings (SSSR count). The average Bonchev–Trinajstić information content (AvgIpc) is 1.77. The van der Waals surface area contributed by atoms with Crippen molar-refractivity contribution in [3.8, 4) is 0 Å². The highest BCUT2D eigenvalue weighted by Crippen LogP contribution is 2.08. The number of halogens is 1. The number of hydrogen-bond donors (Lipinski definition) is 0. The molecular formula is C5H7FO2. The van der Waals surface area contributed by atoms with Gasteiger partial charge in [0.15, 0.2) is 5.78 Å². The van der Waals surface area contributed by atoms with Crippen molar-refractivity contribution in [2.24, 2.45) is 0 Å². The van der Waals surface area contributed by atoms with Crippen LogP contribution in [0.4, 0.5) is 4.39 Å². The standard InChI is InChI=1S/C5H7FO2/c6-5-4(7)2-1-3-8-5/h5H,1-3H2/t5-/m1/s1. The highest BCUT2D eigenvalue weighted by atomic mass is 19.1. The third-order valence-electron chi connectivity index (χ3n) is 1.08. The van der Waals surface area contributed by atoms with Crippen molar-refractivity contribution in [2.75, 3.05) is 6.61 Å². The van der Waals surface area contributed by atoms with Crippen molar-refractivity contribution in [1.82, 2.24) is 0 Å². The number of carbonyl (C=O) groups excluding carboxylic acids is 1. The van der Waals surface area contributed by atoms with E-state index in [1.165, 1.54) is 0 Å². The summed E-state index contributed by atoms with van der Waals surface area (Å²) in [6.45, 7) is 0.382. The van der Waals surface area contributed by atoms with Crippen molar-refractivity contribution in [1.29, 1.82) is 0 Å². The van der Waals surface area contributed by atoms with E-state index in [0.717, 1.165) is 0 Å². The zero-order valence-corrected chi connectivity index (χ0v) is 4.39. The smallest absolute Gasteiger partial charge is 0.258 e. The van der Waals surface area contributed by atoms with Gasteiger partial charge in [-0.05, 0) is 6.42 Å². The van der Waals surface area contributed by atoms with Gasteiger partial charge in [0.1, 0.15) is 0 Å². The monoisotopic (exact) mass is 118 g/mol. The van der Waals surface area contributed by atoms with Crippen molar-refractivity contribution >= 4 is 5.78 Å². The summed E-state index contributed by atoms with van der Waals surface area (Å²) in [6.07, 6.45) is -0.635. The maximum Gasteiger partial charge on any atom is 0.258 e. The fraction of sp³-hybridized carbons (Fsp3) is 0.800. The van der Waals surface area contributed by atoms with Gasteiger partial charge in [0, 0.05) is 6.42 Å². The number of alkyl halides is 1. The van der Waals surface area contributed by atoms with Crippen LogP contribution in [0.1, 0.15) is 12.8 Å². The number of ketones is 1. The minimum atomic E-state index is -1.64. The first kappa shape index (κ1) is 5.69. The van der Waals surface area contributed by atoms with Gasteiger partial charge in [0.25, 0.3) is 6.36 Å². The Morgan fingerprint density at radius 2 is 2.50 bits per heavy atom. The normalized spacial score (nSPS) is 30.6. The average molecular weight is 118 g/mol. The molecule has 1 aliphatic rings. The van der Waals surface area contributed by atoms with Gasteiger partial charge in [-0.2, -0.15) is 0 Å².